The zero-order valence-corrected chi connectivity index (χ0v) is 11.8. The largest absolute Gasteiger partial charge is 0.395 e. The van der Waals surface area contributed by atoms with Crippen LogP contribution in [0.3, 0.4) is 0 Å². The van der Waals surface area contributed by atoms with Crippen molar-refractivity contribution in [2.45, 2.75) is 13.1 Å². The molecule has 2 rings (SSSR count). The number of pyridine rings is 1. The Labute approximate surface area is 120 Å². The van der Waals surface area contributed by atoms with Crippen molar-refractivity contribution in [3.8, 4) is 0 Å². The van der Waals surface area contributed by atoms with E-state index in [1.165, 1.54) is 5.56 Å². The molecule has 20 heavy (non-hydrogen) atoms. The van der Waals surface area contributed by atoms with Crippen LogP contribution in [-0.2, 0) is 13.1 Å². The van der Waals surface area contributed by atoms with Crippen molar-refractivity contribution in [3.05, 3.63) is 59.8 Å². The maximum absolute atomic E-state index is 9.21. The van der Waals surface area contributed by atoms with Crippen LogP contribution in [-0.4, -0.2) is 35.2 Å². The first-order valence-electron chi connectivity index (χ1n) is 6.81. The van der Waals surface area contributed by atoms with Gasteiger partial charge in [-0.25, -0.2) is 4.98 Å². The number of nitrogens with zero attached hydrogens (tertiary/aromatic N) is 2. The van der Waals surface area contributed by atoms with Crippen molar-refractivity contribution in [2.24, 2.45) is 0 Å². The van der Waals surface area contributed by atoms with Crippen LogP contribution >= 0.6 is 0 Å². The second-order valence-electron chi connectivity index (χ2n) is 4.72. The third kappa shape index (κ3) is 4.33. The van der Waals surface area contributed by atoms with Gasteiger partial charge in [-0.05, 0) is 17.2 Å². The molecule has 0 radical (unpaired) electrons. The highest BCUT2D eigenvalue weighted by Crippen LogP contribution is 2.10. The molecule has 0 bridgehead atoms. The molecule has 1 aromatic carbocycles. The quantitative estimate of drug-likeness (QED) is 0.810. The molecule has 0 aliphatic carbocycles. The summed E-state index contributed by atoms with van der Waals surface area (Å²) in [5.74, 6) is 0.866. The van der Waals surface area contributed by atoms with Crippen LogP contribution in [0.25, 0.3) is 0 Å². The van der Waals surface area contributed by atoms with Crippen LogP contribution < -0.4 is 5.32 Å². The fourth-order valence-corrected chi connectivity index (χ4v) is 2.12. The number of hydrogen-bond donors (Lipinski definition) is 2. The highest BCUT2D eigenvalue weighted by atomic mass is 16.3. The number of nitrogens with one attached hydrogen (secondary N) is 1. The van der Waals surface area contributed by atoms with Gasteiger partial charge in [0.1, 0.15) is 5.82 Å². The van der Waals surface area contributed by atoms with Gasteiger partial charge in [0.2, 0.25) is 0 Å². The van der Waals surface area contributed by atoms with Crippen LogP contribution in [0.2, 0.25) is 0 Å². The molecular weight excluding hydrogens is 250 g/mol. The second kappa shape index (κ2) is 7.62. The highest BCUT2D eigenvalue weighted by Gasteiger charge is 2.07. The lowest BCUT2D eigenvalue weighted by molar-refractivity contribution is 0.184. The Kier molecular flexibility index (Phi) is 5.53. The number of hydrogen-bond acceptors (Lipinski definition) is 4. The smallest absolute Gasteiger partial charge is 0.125 e. The fraction of sp³-hybridized carbons (Fsp3) is 0.312. The summed E-state index contributed by atoms with van der Waals surface area (Å²) in [6.07, 6.45) is 1.88. The van der Waals surface area contributed by atoms with Gasteiger partial charge in [0.15, 0.2) is 0 Å². The van der Waals surface area contributed by atoms with Gasteiger partial charge in [-0.1, -0.05) is 36.4 Å². The molecule has 0 atom stereocenters. The molecule has 0 saturated carbocycles. The zero-order valence-electron chi connectivity index (χ0n) is 11.8. The van der Waals surface area contributed by atoms with Crippen LogP contribution in [0.4, 0.5) is 5.82 Å². The van der Waals surface area contributed by atoms with E-state index in [0.717, 1.165) is 24.5 Å². The van der Waals surface area contributed by atoms with Gasteiger partial charge in [-0.3, -0.25) is 4.90 Å². The van der Waals surface area contributed by atoms with E-state index in [9.17, 15) is 5.11 Å². The lowest BCUT2D eigenvalue weighted by atomic mass is 10.2. The summed E-state index contributed by atoms with van der Waals surface area (Å²) in [7, 11) is 1.86. The summed E-state index contributed by atoms with van der Waals surface area (Å²) in [5, 5.41) is 12.2. The molecule has 1 heterocycles. The Bertz CT molecular complexity index is 499. The first kappa shape index (κ1) is 14.5. The van der Waals surface area contributed by atoms with Crippen LogP contribution in [0, 0.1) is 0 Å². The molecular formula is C16H21N3O. The molecule has 0 aliphatic rings. The van der Waals surface area contributed by atoms with Crippen molar-refractivity contribution in [3.63, 3.8) is 0 Å². The zero-order chi connectivity index (χ0) is 14.2. The van der Waals surface area contributed by atoms with Crippen LogP contribution in [0.1, 0.15) is 11.1 Å². The number of rotatable bonds is 7. The maximum atomic E-state index is 9.21. The summed E-state index contributed by atoms with van der Waals surface area (Å²) in [5.41, 5.74) is 2.40. The molecule has 0 fully saturated rings. The first-order valence-corrected chi connectivity index (χ1v) is 6.81. The Morgan fingerprint density at radius 1 is 1.05 bits per heavy atom. The van der Waals surface area contributed by atoms with E-state index in [1.807, 2.05) is 37.5 Å². The van der Waals surface area contributed by atoms with Gasteiger partial charge in [0.25, 0.3) is 0 Å². The van der Waals surface area contributed by atoms with E-state index in [1.54, 1.807) is 0 Å². The molecule has 0 amide bonds. The maximum Gasteiger partial charge on any atom is 0.125 e. The summed E-state index contributed by atoms with van der Waals surface area (Å²) in [4.78, 5) is 6.53. The predicted octanol–water partition coefficient (Wildman–Crippen LogP) is 2.12. The van der Waals surface area contributed by atoms with E-state index in [2.05, 4.69) is 33.4 Å². The molecule has 4 nitrogen and oxygen atoms in total. The minimum atomic E-state index is 0.162. The van der Waals surface area contributed by atoms with Crippen molar-refractivity contribution >= 4 is 5.82 Å². The average molecular weight is 271 g/mol. The Morgan fingerprint density at radius 2 is 1.80 bits per heavy atom. The summed E-state index contributed by atoms with van der Waals surface area (Å²) < 4.78 is 0. The summed E-state index contributed by atoms with van der Waals surface area (Å²) in [6.45, 7) is 2.43. The highest BCUT2D eigenvalue weighted by molar-refractivity contribution is 5.34. The topological polar surface area (TPSA) is 48.4 Å². The lowest BCUT2D eigenvalue weighted by Crippen LogP contribution is -2.26. The van der Waals surface area contributed by atoms with E-state index in [0.29, 0.717) is 6.54 Å². The van der Waals surface area contributed by atoms with E-state index in [-0.39, 0.29) is 6.61 Å². The number of aromatic nitrogens is 1. The molecule has 0 unspecified atom stereocenters. The number of anilines is 1. The molecule has 106 valence electrons. The van der Waals surface area contributed by atoms with Gasteiger partial charge >= 0.3 is 0 Å². The van der Waals surface area contributed by atoms with E-state index in [4.69, 9.17) is 0 Å². The Hall–Kier alpha value is -1.91. The lowest BCUT2D eigenvalue weighted by Gasteiger charge is -2.21. The first-order chi connectivity index (χ1) is 9.81. The van der Waals surface area contributed by atoms with E-state index < -0.39 is 0 Å². The molecule has 2 N–H and O–H groups in total. The number of benzene rings is 1. The van der Waals surface area contributed by atoms with E-state index >= 15 is 0 Å². The predicted molar refractivity (Wildman–Crippen MR) is 81.4 cm³/mol. The Morgan fingerprint density at radius 3 is 2.40 bits per heavy atom. The van der Waals surface area contributed by atoms with Crippen molar-refractivity contribution in [1.29, 1.82) is 0 Å². The van der Waals surface area contributed by atoms with Gasteiger partial charge in [0, 0.05) is 32.9 Å². The fourth-order valence-electron chi connectivity index (χ4n) is 2.12. The molecule has 1 aromatic heterocycles. The van der Waals surface area contributed by atoms with Crippen molar-refractivity contribution < 1.29 is 5.11 Å². The molecule has 0 saturated heterocycles. The molecule has 4 heteroatoms. The number of aliphatic hydroxyl groups excluding tert-OH is 1. The molecule has 0 aliphatic heterocycles. The second-order valence-corrected chi connectivity index (χ2v) is 4.72. The normalized spacial score (nSPS) is 10.8. The van der Waals surface area contributed by atoms with Gasteiger partial charge in [0.05, 0.1) is 6.61 Å². The number of aliphatic hydroxyl groups is 1. The Balaban J connectivity index is 2.00. The SMILES string of the molecule is CNc1ccc(CN(CCO)Cc2ccccc2)cn1. The molecule has 2 aromatic rings. The monoisotopic (exact) mass is 271 g/mol. The van der Waals surface area contributed by atoms with Gasteiger partial charge < -0.3 is 10.4 Å². The van der Waals surface area contributed by atoms with Gasteiger partial charge in [-0.15, -0.1) is 0 Å². The minimum Gasteiger partial charge on any atom is -0.395 e. The summed E-state index contributed by atoms with van der Waals surface area (Å²) in [6, 6.07) is 14.3. The third-order valence-electron chi connectivity index (χ3n) is 3.15. The third-order valence-corrected chi connectivity index (χ3v) is 3.15. The summed E-state index contributed by atoms with van der Waals surface area (Å²) >= 11 is 0. The molecule has 0 spiro atoms. The average Bonchev–Trinajstić information content (AvgIpc) is 2.49. The standard InChI is InChI=1S/C16H21N3O/c1-17-16-8-7-15(11-18-16)13-19(9-10-20)12-14-5-3-2-4-6-14/h2-8,11,20H,9-10,12-13H2,1H3,(H,17,18). The van der Waals surface area contributed by atoms with Crippen molar-refractivity contribution in [1.82, 2.24) is 9.88 Å². The van der Waals surface area contributed by atoms with Crippen molar-refractivity contribution in [2.75, 3.05) is 25.5 Å². The van der Waals surface area contributed by atoms with Crippen LogP contribution in [0.15, 0.2) is 48.7 Å². The minimum absolute atomic E-state index is 0.162. The van der Waals surface area contributed by atoms with Gasteiger partial charge in [-0.2, -0.15) is 0 Å². The van der Waals surface area contributed by atoms with Crippen LogP contribution in [0.5, 0.6) is 0 Å².